The Hall–Kier alpha value is -4.11. The summed E-state index contributed by atoms with van der Waals surface area (Å²) >= 11 is 1.32. The van der Waals surface area contributed by atoms with Crippen molar-refractivity contribution in [2.45, 2.75) is 13.8 Å². The van der Waals surface area contributed by atoms with Crippen molar-refractivity contribution in [1.82, 2.24) is 9.38 Å². The van der Waals surface area contributed by atoms with E-state index in [1.54, 1.807) is 24.3 Å². The van der Waals surface area contributed by atoms with E-state index in [-0.39, 0.29) is 33.6 Å². The topological polar surface area (TPSA) is 115 Å². The number of nitrogens with one attached hydrogen (secondary N) is 1. The van der Waals surface area contributed by atoms with Gasteiger partial charge in [-0.05, 0) is 37.6 Å². The van der Waals surface area contributed by atoms with Crippen LogP contribution in [0, 0.1) is 24.0 Å². The fourth-order valence-corrected chi connectivity index (χ4v) is 5.13. The largest absolute Gasteiger partial charge is 0.307 e. The lowest BCUT2D eigenvalue weighted by atomic mass is 9.98. The highest BCUT2D eigenvalue weighted by molar-refractivity contribution is 7.18. The third-order valence-corrected chi connectivity index (χ3v) is 6.88. The molecule has 3 aromatic heterocycles. The van der Waals surface area contributed by atoms with Gasteiger partial charge in [0.05, 0.1) is 15.9 Å². The highest BCUT2D eigenvalue weighted by Gasteiger charge is 2.23. The predicted octanol–water partition coefficient (Wildman–Crippen LogP) is 4.11. The molecule has 0 atom stereocenters. The van der Waals surface area contributed by atoms with Crippen LogP contribution in [0.5, 0.6) is 0 Å². The van der Waals surface area contributed by atoms with Crippen LogP contribution in [0.4, 0.5) is 5.69 Å². The SMILES string of the molecule is Cc1sc2c(c1C)c(=O)[nH]c1c(C(=O)c3ccc([N+](=O)[O-])cc3)c3ccccc3c(=O)n12. The highest BCUT2D eigenvalue weighted by Crippen LogP contribution is 2.30. The van der Waals surface area contributed by atoms with E-state index in [2.05, 4.69) is 4.98 Å². The Morgan fingerprint density at radius 3 is 2.34 bits per heavy atom. The Bertz CT molecular complexity index is 1730. The number of carbonyl (C=O) groups excluding carboxylic acids is 1. The summed E-state index contributed by atoms with van der Waals surface area (Å²) in [5, 5.41) is 12.1. The molecule has 0 aliphatic carbocycles. The van der Waals surface area contributed by atoms with Crippen molar-refractivity contribution in [3.63, 3.8) is 0 Å². The Morgan fingerprint density at radius 1 is 1.03 bits per heavy atom. The van der Waals surface area contributed by atoms with Crippen LogP contribution in [0.3, 0.4) is 0 Å². The lowest BCUT2D eigenvalue weighted by Gasteiger charge is -2.12. The van der Waals surface area contributed by atoms with Crippen molar-refractivity contribution in [2.75, 3.05) is 0 Å². The minimum Gasteiger partial charge on any atom is -0.307 e. The molecule has 5 rings (SSSR count). The van der Waals surface area contributed by atoms with E-state index in [9.17, 15) is 24.5 Å². The number of carbonyl (C=O) groups is 1. The van der Waals surface area contributed by atoms with Gasteiger partial charge >= 0.3 is 0 Å². The molecule has 32 heavy (non-hydrogen) atoms. The van der Waals surface area contributed by atoms with Gasteiger partial charge in [-0.15, -0.1) is 11.3 Å². The quantitative estimate of drug-likeness (QED) is 0.194. The van der Waals surface area contributed by atoms with Crippen molar-refractivity contribution in [3.8, 4) is 0 Å². The standard InChI is InChI=1S/C23H15N3O5S/c1-11-12(2)32-23-17(11)21(28)24-20-18(15-5-3-4-6-16(15)22(29)25(20)23)19(27)13-7-9-14(10-8-13)26(30)31/h3-10H,1-2H3,(H,24,28). The first kappa shape index (κ1) is 19.8. The number of ketones is 1. The van der Waals surface area contributed by atoms with Crippen molar-refractivity contribution in [2.24, 2.45) is 0 Å². The number of pyridine rings is 1. The minimum atomic E-state index is -0.545. The zero-order chi connectivity index (χ0) is 22.7. The van der Waals surface area contributed by atoms with E-state index in [0.717, 1.165) is 10.4 Å². The zero-order valence-corrected chi connectivity index (χ0v) is 17.8. The van der Waals surface area contributed by atoms with E-state index in [1.165, 1.54) is 40.0 Å². The van der Waals surface area contributed by atoms with Crippen LogP contribution in [-0.2, 0) is 0 Å². The van der Waals surface area contributed by atoms with Crippen LogP contribution in [0.25, 0.3) is 26.6 Å². The van der Waals surface area contributed by atoms with Gasteiger partial charge in [-0.2, -0.15) is 0 Å². The number of aromatic nitrogens is 2. The molecule has 3 heterocycles. The molecule has 0 radical (unpaired) electrons. The molecule has 0 aliphatic heterocycles. The van der Waals surface area contributed by atoms with Gasteiger partial charge in [0.25, 0.3) is 16.8 Å². The molecule has 0 unspecified atom stereocenters. The Morgan fingerprint density at radius 2 is 1.69 bits per heavy atom. The summed E-state index contributed by atoms with van der Waals surface area (Å²) < 4.78 is 1.39. The normalized spacial score (nSPS) is 11.4. The van der Waals surface area contributed by atoms with Crippen molar-refractivity contribution in [1.29, 1.82) is 0 Å². The summed E-state index contributed by atoms with van der Waals surface area (Å²) in [5.74, 6) is -0.450. The average molecular weight is 445 g/mol. The molecule has 2 aromatic carbocycles. The number of thiophene rings is 1. The fraction of sp³-hybridized carbons (Fsp3) is 0.0870. The summed E-state index contributed by atoms with van der Waals surface area (Å²) in [7, 11) is 0. The number of nitro benzene ring substituents is 1. The Labute approximate surface area is 183 Å². The van der Waals surface area contributed by atoms with Crippen molar-refractivity contribution in [3.05, 3.63) is 101 Å². The number of rotatable bonds is 3. The first-order valence-electron chi connectivity index (χ1n) is 9.68. The van der Waals surface area contributed by atoms with E-state index in [4.69, 9.17) is 0 Å². The smallest absolute Gasteiger partial charge is 0.269 e. The van der Waals surface area contributed by atoms with E-state index >= 15 is 0 Å². The van der Waals surface area contributed by atoms with Gasteiger partial charge in [-0.3, -0.25) is 28.9 Å². The number of aromatic amines is 1. The Balaban J connectivity index is 1.95. The molecule has 9 heteroatoms. The minimum absolute atomic E-state index is 0.107. The van der Waals surface area contributed by atoms with E-state index < -0.39 is 10.7 Å². The number of hydrogen-bond acceptors (Lipinski definition) is 6. The highest BCUT2D eigenvalue weighted by atomic mass is 32.1. The maximum Gasteiger partial charge on any atom is 0.269 e. The van der Waals surface area contributed by atoms with E-state index in [0.29, 0.717) is 21.0 Å². The number of non-ortho nitro benzene ring substituents is 1. The van der Waals surface area contributed by atoms with Crippen molar-refractivity contribution < 1.29 is 9.72 Å². The molecule has 5 aromatic rings. The lowest BCUT2D eigenvalue weighted by molar-refractivity contribution is -0.384. The van der Waals surface area contributed by atoms with Crippen molar-refractivity contribution >= 4 is 49.4 Å². The number of nitrogens with zero attached hydrogens (tertiary/aromatic N) is 2. The second-order valence-corrected chi connectivity index (χ2v) is 8.66. The Kier molecular flexibility index (Phi) is 4.31. The molecule has 0 saturated heterocycles. The molecular weight excluding hydrogens is 430 g/mol. The van der Waals surface area contributed by atoms with Crippen LogP contribution in [0.15, 0.2) is 58.1 Å². The molecule has 0 spiro atoms. The van der Waals surface area contributed by atoms with Crippen LogP contribution in [0.1, 0.15) is 26.4 Å². The lowest BCUT2D eigenvalue weighted by Crippen LogP contribution is -2.23. The van der Waals surface area contributed by atoms with Gasteiger partial charge < -0.3 is 4.98 Å². The zero-order valence-electron chi connectivity index (χ0n) is 17.0. The first-order chi connectivity index (χ1) is 15.3. The summed E-state index contributed by atoms with van der Waals surface area (Å²) in [6.07, 6.45) is 0. The fourth-order valence-electron chi connectivity index (χ4n) is 3.97. The number of H-pyrrole nitrogens is 1. The van der Waals surface area contributed by atoms with Crippen LogP contribution >= 0.6 is 11.3 Å². The molecule has 0 bridgehead atoms. The molecule has 0 fully saturated rings. The second kappa shape index (κ2) is 6.96. The van der Waals surface area contributed by atoms with Crippen LogP contribution in [0.2, 0.25) is 0 Å². The third-order valence-electron chi connectivity index (χ3n) is 5.69. The predicted molar refractivity (Wildman–Crippen MR) is 123 cm³/mol. The number of fused-ring (bicyclic) bond motifs is 4. The maximum absolute atomic E-state index is 13.6. The summed E-state index contributed by atoms with van der Waals surface area (Å²) in [5.41, 5.74) is 0.414. The molecule has 1 N–H and O–H groups in total. The van der Waals surface area contributed by atoms with Gasteiger partial charge in [0.1, 0.15) is 10.5 Å². The number of benzene rings is 2. The van der Waals surface area contributed by atoms with Gasteiger partial charge in [0.2, 0.25) is 0 Å². The van der Waals surface area contributed by atoms with Crippen LogP contribution in [-0.4, -0.2) is 20.1 Å². The monoisotopic (exact) mass is 445 g/mol. The number of aryl methyl sites for hydroxylation is 2. The molecule has 0 amide bonds. The average Bonchev–Trinajstić information content (AvgIpc) is 3.08. The molecule has 0 saturated carbocycles. The molecule has 158 valence electrons. The van der Waals surface area contributed by atoms with Crippen LogP contribution < -0.4 is 11.1 Å². The second-order valence-electron chi connectivity index (χ2n) is 7.46. The van der Waals surface area contributed by atoms with E-state index in [1.807, 2.05) is 13.8 Å². The van der Waals surface area contributed by atoms with Gasteiger partial charge in [-0.1, -0.05) is 18.2 Å². The maximum atomic E-state index is 13.6. The number of nitro groups is 1. The van der Waals surface area contributed by atoms with Gasteiger partial charge in [-0.25, -0.2) is 0 Å². The number of hydrogen-bond donors (Lipinski definition) is 1. The summed E-state index contributed by atoms with van der Waals surface area (Å²) in [4.78, 5) is 54.5. The van der Waals surface area contributed by atoms with Gasteiger partial charge in [0.15, 0.2) is 5.78 Å². The summed E-state index contributed by atoms with van der Waals surface area (Å²) in [6.45, 7) is 3.70. The molecule has 8 nitrogen and oxygen atoms in total. The first-order valence-corrected chi connectivity index (χ1v) is 10.5. The third kappa shape index (κ3) is 2.71. The molecule has 0 aliphatic rings. The van der Waals surface area contributed by atoms with Gasteiger partial charge in [0, 0.05) is 33.3 Å². The molecular formula is C23H15N3O5S. The summed E-state index contributed by atoms with van der Waals surface area (Å²) in [6, 6.07) is 12.0.